The summed E-state index contributed by atoms with van der Waals surface area (Å²) >= 11 is 0. The average Bonchev–Trinajstić information content (AvgIpc) is 2.38. The van der Waals surface area contributed by atoms with Gasteiger partial charge in [0.15, 0.2) is 0 Å². The quantitative estimate of drug-likeness (QED) is 0.702. The number of likely N-dealkylation sites (tertiary alicyclic amines) is 1. The highest BCUT2D eigenvalue weighted by Crippen LogP contribution is 2.33. The second-order valence-corrected chi connectivity index (χ2v) is 4.86. The normalized spacial score (nSPS) is 24.6. The monoisotopic (exact) mass is 237 g/mol. The van der Waals surface area contributed by atoms with Crippen LogP contribution in [-0.2, 0) is 9.47 Å². The van der Waals surface area contributed by atoms with Gasteiger partial charge in [0.2, 0.25) is 0 Å². The highest BCUT2D eigenvalue weighted by molar-refractivity contribution is 5.69. The van der Waals surface area contributed by atoms with Crippen molar-refractivity contribution in [3.8, 4) is 0 Å². The van der Waals surface area contributed by atoms with Crippen LogP contribution >= 0.6 is 0 Å². The number of alkyl halides is 2. The SMILES string of the molecule is CO[C@@H]1CC(F)(F)CN1C(=O)OC(C)(C)C. The first kappa shape index (κ1) is 13.2. The van der Waals surface area contributed by atoms with Gasteiger partial charge in [-0.1, -0.05) is 0 Å². The van der Waals surface area contributed by atoms with Crippen molar-refractivity contribution in [3.63, 3.8) is 0 Å². The molecule has 4 nitrogen and oxygen atoms in total. The van der Waals surface area contributed by atoms with E-state index in [2.05, 4.69) is 0 Å². The highest BCUT2D eigenvalue weighted by atomic mass is 19.3. The largest absolute Gasteiger partial charge is 0.444 e. The van der Waals surface area contributed by atoms with Crippen molar-refractivity contribution in [2.75, 3.05) is 13.7 Å². The predicted octanol–water partition coefficient (Wildman–Crippen LogP) is 2.24. The molecule has 1 heterocycles. The zero-order valence-corrected chi connectivity index (χ0v) is 9.92. The molecule has 0 aromatic rings. The van der Waals surface area contributed by atoms with Gasteiger partial charge in [-0.3, -0.25) is 4.90 Å². The molecule has 0 saturated carbocycles. The predicted molar refractivity (Wildman–Crippen MR) is 53.3 cm³/mol. The van der Waals surface area contributed by atoms with Crippen molar-refractivity contribution in [2.45, 2.75) is 44.9 Å². The van der Waals surface area contributed by atoms with Crippen molar-refractivity contribution >= 4 is 6.09 Å². The first-order valence-electron chi connectivity index (χ1n) is 5.05. The number of rotatable bonds is 1. The van der Waals surface area contributed by atoms with Gasteiger partial charge in [-0.2, -0.15) is 0 Å². The molecule has 0 unspecified atom stereocenters. The summed E-state index contributed by atoms with van der Waals surface area (Å²) in [6, 6.07) is 0. The summed E-state index contributed by atoms with van der Waals surface area (Å²) in [5.74, 6) is -2.91. The van der Waals surface area contributed by atoms with E-state index in [1.54, 1.807) is 20.8 Å². The maximum atomic E-state index is 13.1. The number of hydrogen-bond donors (Lipinski definition) is 0. The molecule has 94 valence electrons. The van der Waals surface area contributed by atoms with Crippen molar-refractivity contribution in [1.82, 2.24) is 4.90 Å². The molecule has 6 heteroatoms. The number of halogens is 2. The van der Waals surface area contributed by atoms with Crippen LogP contribution in [0.25, 0.3) is 0 Å². The molecular formula is C10H17F2NO3. The van der Waals surface area contributed by atoms with Gasteiger partial charge in [-0.05, 0) is 20.8 Å². The number of carbonyl (C=O) groups is 1. The van der Waals surface area contributed by atoms with Gasteiger partial charge in [0.05, 0.1) is 13.0 Å². The Morgan fingerprint density at radius 1 is 1.44 bits per heavy atom. The Labute approximate surface area is 93.5 Å². The molecule has 1 aliphatic rings. The molecule has 0 bridgehead atoms. The van der Waals surface area contributed by atoms with Gasteiger partial charge in [0, 0.05) is 7.11 Å². The summed E-state index contributed by atoms with van der Waals surface area (Å²) < 4.78 is 36.1. The van der Waals surface area contributed by atoms with E-state index in [-0.39, 0.29) is 0 Å². The van der Waals surface area contributed by atoms with E-state index >= 15 is 0 Å². The third-order valence-corrected chi connectivity index (χ3v) is 2.12. The zero-order chi connectivity index (χ0) is 12.6. The lowest BCUT2D eigenvalue weighted by molar-refractivity contribution is -0.0307. The molecule has 1 aliphatic heterocycles. The van der Waals surface area contributed by atoms with Crippen LogP contribution in [0.5, 0.6) is 0 Å². The van der Waals surface area contributed by atoms with Crippen LogP contribution in [0.15, 0.2) is 0 Å². The van der Waals surface area contributed by atoms with Crippen molar-refractivity contribution in [1.29, 1.82) is 0 Å². The van der Waals surface area contributed by atoms with Gasteiger partial charge in [-0.25, -0.2) is 13.6 Å². The lowest BCUT2D eigenvalue weighted by atomic mass is 10.2. The number of ether oxygens (including phenoxy) is 2. The average molecular weight is 237 g/mol. The molecule has 0 spiro atoms. The van der Waals surface area contributed by atoms with Crippen molar-refractivity contribution in [2.24, 2.45) is 0 Å². The molecule has 0 aliphatic carbocycles. The molecular weight excluding hydrogens is 220 g/mol. The van der Waals surface area contributed by atoms with E-state index < -0.39 is 36.8 Å². The molecule has 0 N–H and O–H groups in total. The van der Waals surface area contributed by atoms with E-state index in [4.69, 9.17) is 9.47 Å². The Morgan fingerprint density at radius 2 is 2.00 bits per heavy atom. The van der Waals surface area contributed by atoms with E-state index in [1.165, 1.54) is 7.11 Å². The van der Waals surface area contributed by atoms with Crippen LogP contribution < -0.4 is 0 Å². The minimum absolute atomic E-state index is 0.483. The molecule has 0 aromatic heterocycles. The van der Waals surface area contributed by atoms with E-state index in [1.807, 2.05) is 0 Å². The van der Waals surface area contributed by atoms with Gasteiger partial charge >= 0.3 is 6.09 Å². The fourth-order valence-electron chi connectivity index (χ4n) is 1.49. The van der Waals surface area contributed by atoms with Gasteiger partial charge in [-0.15, -0.1) is 0 Å². The molecule has 16 heavy (non-hydrogen) atoms. The second-order valence-electron chi connectivity index (χ2n) is 4.86. The Balaban J connectivity index is 2.69. The van der Waals surface area contributed by atoms with E-state index in [9.17, 15) is 13.6 Å². The molecule has 0 aromatic carbocycles. The summed E-state index contributed by atoms with van der Waals surface area (Å²) in [6.45, 7) is 4.39. The van der Waals surface area contributed by atoms with Crippen LogP contribution in [-0.4, -0.2) is 42.4 Å². The maximum Gasteiger partial charge on any atom is 0.412 e. The topological polar surface area (TPSA) is 38.8 Å². The second kappa shape index (κ2) is 4.16. The Hall–Kier alpha value is -0.910. The van der Waals surface area contributed by atoms with Gasteiger partial charge < -0.3 is 9.47 Å². The minimum atomic E-state index is -2.91. The van der Waals surface area contributed by atoms with Crippen molar-refractivity contribution in [3.05, 3.63) is 0 Å². The molecule has 1 amide bonds. The molecule has 0 radical (unpaired) electrons. The maximum absolute atomic E-state index is 13.1. The number of nitrogens with zero attached hydrogens (tertiary/aromatic N) is 1. The van der Waals surface area contributed by atoms with Crippen LogP contribution in [0.4, 0.5) is 13.6 Å². The fraction of sp³-hybridized carbons (Fsp3) is 0.900. The van der Waals surface area contributed by atoms with E-state index in [0.717, 1.165) is 4.90 Å². The van der Waals surface area contributed by atoms with Gasteiger partial charge in [0.1, 0.15) is 11.8 Å². The summed E-state index contributed by atoms with van der Waals surface area (Å²) in [5, 5.41) is 0. The Kier molecular flexibility index (Phi) is 3.42. The number of amides is 1. The number of methoxy groups -OCH3 is 1. The fourth-order valence-corrected chi connectivity index (χ4v) is 1.49. The smallest absolute Gasteiger partial charge is 0.412 e. The van der Waals surface area contributed by atoms with Crippen molar-refractivity contribution < 1.29 is 23.0 Å². The summed E-state index contributed by atoms with van der Waals surface area (Å²) in [6.07, 6.45) is -2.16. The lowest BCUT2D eigenvalue weighted by Crippen LogP contribution is -2.41. The van der Waals surface area contributed by atoms with Gasteiger partial charge in [0.25, 0.3) is 5.92 Å². The third kappa shape index (κ3) is 3.30. The van der Waals surface area contributed by atoms with E-state index in [0.29, 0.717) is 0 Å². The zero-order valence-electron chi connectivity index (χ0n) is 9.92. The van der Waals surface area contributed by atoms with Crippen LogP contribution in [0, 0.1) is 0 Å². The summed E-state index contributed by atoms with van der Waals surface area (Å²) in [4.78, 5) is 12.5. The highest BCUT2D eigenvalue weighted by Gasteiger charge is 2.48. The van der Waals surface area contributed by atoms with Crippen LogP contribution in [0.2, 0.25) is 0 Å². The summed E-state index contributed by atoms with van der Waals surface area (Å²) in [5.41, 5.74) is -0.701. The Morgan fingerprint density at radius 3 is 2.44 bits per heavy atom. The molecule has 1 atom stereocenters. The number of carbonyl (C=O) groups excluding carboxylic acids is 1. The molecule has 1 rings (SSSR count). The van der Waals surface area contributed by atoms with Crippen LogP contribution in [0.3, 0.4) is 0 Å². The standard InChI is InChI=1S/C10H17F2NO3/c1-9(2,3)16-8(14)13-6-10(11,12)5-7(13)15-4/h7H,5-6H2,1-4H3/t7-/m1/s1. The first-order valence-corrected chi connectivity index (χ1v) is 5.05. The molecule has 1 saturated heterocycles. The summed E-state index contributed by atoms with van der Waals surface area (Å²) in [7, 11) is 1.30. The Bertz CT molecular complexity index is 276. The number of hydrogen-bond acceptors (Lipinski definition) is 3. The first-order chi connectivity index (χ1) is 7.14. The minimum Gasteiger partial charge on any atom is -0.444 e. The van der Waals surface area contributed by atoms with Crippen LogP contribution in [0.1, 0.15) is 27.2 Å². The third-order valence-electron chi connectivity index (χ3n) is 2.12. The molecule has 1 fully saturated rings. The lowest BCUT2D eigenvalue weighted by Gasteiger charge is -2.27.